The van der Waals surface area contributed by atoms with Gasteiger partial charge in [-0.05, 0) is 48.5 Å². The average molecular weight is 351 g/mol. The van der Waals surface area contributed by atoms with Gasteiger partial charge < -0.3 is 20.3 Å². The van der Waals surface area contributed by atoms with Crippen LogP contribution in [0, 0.1) is 0 Å². The number of rotatable bonds is 3. The number of anilines is 3. The summed E-state index contributed by atoms with van der Waals surface area (Å²) in [6.07, 6.45) is -4.72. The molecule has 132 valence electrons. The molecule has 1 amide bonds. The van der Waals surface area contributed by atoms with E-state index in [4.69, 9.17) is 5.73 Å². The second kappa shape index (κ2) is 6.54. The SMILES string of the molecule is Nc1ccc(N2CCN(c3ccc(OC(F)(F)F)cc3)CC2=O)cc1. The van der Waals surface area contributed by atoms with Crippen LogP contribution in [0.5, 0.6) is 5.75 Å². The molecule has 5 nitrogen and oxygen atoms in total. The van der Waals surface area contributed by atoms with Crippen LogP contribution in [0.1, 0.15) is 0 Å². The zero-order valence-electron chi connectivity index (χ0n) is 13.2. The molecule has 0 aliphatic carbocycles. The largest absolute Gasteiger partial charge is 0.573 e. The number of piperazine rings is 1. The van der Waals surface area contributed by atoms with Crippen LogP contribution >= 0.6 is 0 Å². The zero-order chi connectivity index (χ0) is 18.0. The molecule has 0 spiro atoms. The molecule has 1 fully saturated rings. The third kappa shape index (κ3) is 4.14. The van der Waals surface area contributed by atoms with E-state index in [0.29, 0.717) is 24.5 Å². The normalized spacial score (nSPS) is 15.4. The molecule has 2 N–H and O–H groups in total. The second-order valence-corrected chi connectivity index (χ2v) is 5.60. The average Bonchev–Trinajstić information content (AvgIpc) is 2.55. The van der Waals surface area contributed by atoms with E-state index in [1.807, 2.05) is 4.90 Å². The summed E-state index contributed by atoms with van der Waals surface area (Å²) in [5.74, 6) is -0.380. The molecule has 1 aliphatic rings. The van der Waals surface area contributed by atoms with Crippen LogP contribution in [-0.4, -0.2) is 31.9 Å². The molecule has 0 unspecified atom stereocenters. The Bertz CT molecular complexity index is 745. The van der Waals surface area contributed by atoms with Crippen molar-refractivity contribution in [2.75, 3.05) is 35.2 Å². The van der Waals surface area contributed by atoms with Gasteiger partial charge in [0.25, 0.3) is 0 Å². The van der Waals surface area contributed by atoms with Crippen LogP contribution in [0.15, 0.2) is 48.5 Å². The van der Waals surface area contributed by atoms with E-state index in [0.717, 1.165) is 5.69 Å². The van der Waals surface area contributed by atoms with Crippen LogP contribution in [-0.2, 0) is 4.79 Å². The number of amides is 1. The van der Waals surface area contributed by atoms with Gasteiger partial charge in [0.2, 0.25) is 5.91 Å². The summed E-state index contributed by atoms with van der Waals surface area (Å²) in [5, 5.41) is 0. The Labute approximate surface area is 142 Å². The van der Waals surface area contributed by atoms with Crippen molar-refractivity contribution in [1.82, 2.24) is 0 Å². The fourth-order valence-corrected chi connectivity index (χ4v) is 2.68. The maximum atomic E-state index is 12.4. The van der Waals surface area contributed by atoms with Crippen molar-refractivity contribution < 1.29 is 22.7 Å². The lowest BCUT2D eigenvalue weighted by Gasteiger charge is -2.35. The summed E-state index contributed by atoms with van der Waals surface area (Å²) in [7, 11) is 0. The Morgan fingerprint density at radius 3 is 2.08 bits per heavy atom. The minimum absolute atomic E-state index is 0.0911. The zero-order valence-corrected chi connectivity index (χ0v) is 13.2. The van der Waals surface area contributed by atoms with E-state index < -0.39 is 6.36 Å². The minimum Gasteiger partial charge on any atom is -0.406 e. The molecule has 1 heterocycles. The van der Waals surface area contributed by atoms with E-state index in [-0.39, 0.29) is 18.2 Å². The quantitative estimate of drug-likeness (QED) is 0.864. The summed E-state index contributed by atoms with van der Waals surface area (Å²) >= 11 is 0. The number of benzene rings is 2. The Morgan fingerprint density at radius 1 is 0.920 bits per heavy atom. The first-order valence-corrected chi connectivity index (χ1v) is 7.58. The highest BCUT2D eigenvalue weighted by Crippen LogP contribution is 2.27. The monoisotopic (exact) mass is 351 g/mol. The van der Waals surface area contributed by atoms with Gasteiger partial charge >= 0.3 is 6.36 Å². The van der Waals surface area contributed by atoms with E-state index in [1.54, 1.807) is 29.2 Å². The number of hydrogen-bond acceptors (Lipinski definition) is 4. The first-order valence-electron chi connectivity index (χ1n) is 7.58. The van der Waals surface area contributed by atoms with Gasteiger partial charge in [-0.3, -0.25) is 4.79 Å². The molecule has 2 aromatic rings. The predicted molar refractivity (Wildman–Crippen MR) is 88.5 cm³/mol. The number of halogens is 3. The summed E-state index contributed by atoms with van der Waals surface area (Å²) in [5.41, 5.74) is 7.71. The fraction of sp³-hybridized carbons (Fsp3) is 0.235. The van der Waals surface area contributed by atoms with Crippen LogP contribution in [0.3, 0.4) is 0 Å². The van der Waals surface area contributed by atoms with Crippen molar-refractivity contribution >= 4 is 23.0 Å². The number of ether oxygens (including phenoxy) is 1. The first kappa shape index (κ1) is 16.9. The van der Waals surface area contributed by atoms with Gasteiger partial charge in [-0.25, -0.2) is 0 Å². The van der Waals surface area contributed by atoms with Gasteiger partial charge in [0.15, 0.2) is 0 Å². The van der Waals surface area contributed by atoms with Gasteiger partial charge in [0.1, 0.15) is 5.75 Å². The van der Waals surface area contributed by atoms with Crippen LogP contribution in [0.2, 0.25) is 0 Å². The number of alkyl halides is 3. The number of carbonyl (C=O) groups excluding carboxylic acids is 1. The molecule has 0 saturated carbocycles. The molecule has 8 heteroatoms. The Balaban J connectivity index is 1.66. The number of nitrogens with zero attached hydrogens (tertiary/aromatic N) is 2. The van der Waals surface area contributed by atoms with Crippen LogP contribution in [0.4, 0.5) is 30.2 Å². The summed E-state index contributed by atoms with van der Waals surface area (Å²) in [4.78, 5) is 15.9. The highest BCUT2D eigenvalue weighted by Gasteiger charge is 2.31. The van der Waals surface area contributed by atoms with Crippen molar-refractivity contribution in [3.8, 4) is 5.75 Å². The molecule has 1 aliphatic heterocycles. The Kier molecular flexibility index (Phi) is 4.43. The molecule has 0 radical (unpaired) electrons. The summed E-state index contributed by atoms with van der Waals surface area (Å²) < 4.78 is 40.4. The fourth-order valence-electron chi connectivity index (χ4n) is 2.68. The van der Waals surface area contributed by atoms with E-state index in [1.165, 1.54) is 24.3 Å². The van der Waals surface area contributed by atoms with Crippen LogP contribution < -0.4 is 20.3 Å². The molecule has 0 atom stereocenters. The predicted octanol–water partition coefficient (Wildman–Crippen LogP) is 3.02. The molecular weight excluding hydrogens is 335 g/mol. The smallest absolute Gasteiger partial charge is 0.406 e. The van der Waals surface area contributed by atoms with Crippen LogP contribution in [0.25, 0.3) is 0 Å². The van der Waals surface area contributed by atoms with Crippen molar-refractivity contribution in [3.63, 3.8) is 0 Å². The van der Waals surface area contributed by atoms with Crippen molar-refractivity contribution in [2.45, 2.75) is 6.36 Å². The number of nitrogens with two attached hydrogens (primary N) is 1. The Hall–Kier alpha value is -2.90. The number of carbonyl (C=O) groups is 1. The van der Waals surface area contributed by atoms with E-state index in [9.17, 15) is 18.0 Å². The maximum Gasteiger partial charge on any atom is 0.573 e. The van der Waals surface area contributed by atoms with Gasteiger partial charge in [0.05, 0.1) is 6.54 Å². The highest BCUT2D eigenvalue weighted by atomic mass is 19.4. The lowest BCUT2D eigenvalue weighted by molar-refractivity contribution is -0.274. The summed E-state index contributed by atoms with van der Waals surface area (Å²) in [6.45, 7) is 1.18. The third-order valence-electron chi connectivity index (χ3n) is 3.86. The maximum absolute atomic E-state index is 12.4. The van der Waals surface area contributed by atoms with Gasteiger partial charge in [-0.15, -0.1) is 13.2 Å². The second-order valence-electron chi connectivity index (χ2n) is 5.60. The van der Waals surface area contributed by atoms with Gasteiger partial charge in [-0.1, -0.05) is 0 Å². The lowest BCUT2D eigenvalue weighted by Crippen LogP contribution is -2.50. The van der Waals surface area contributed by atoms with Crippen molar-refractivity contribution in [2.24, 2.45) is 0 Å². The molecule has 2 aromatic carbocycles. The standard InChI is InChI=1S/C17H16F3N3O2/c18-17(19,20)25-15-7-5-13(6-8-15)22-9-10-23(16(24)11-22)14-3-1-12(21)2-4-14/h1-8H,9-11,21H2. The van der Waals surface area contributed by atoms with E-state index in [2.05, 4.69) is 4.74 Å². The molecule has 1 saturated heterocycles. The Morgan fingerprint density at radius 2 is 1.52 bits per heavy atom. The lowest BCUT2D eigenvalue weighted by atomic mass is 10.2. The third-order valence-corrected chi connectivity index (χ3v) is 3.86. The molecule has 0 bridgehead atoms. The number of nitrogen functional groups attached to an aromatic ring is 1. The highest BCUT2D eigenvalue weighted by molar-refractivity contribution is 5.97. The van der Waals surface area contributed by atoms with Crippen molar-refractivity contribution in [1.29, 1.82) is 0 Å². The first-order chi connectivity index (χ1) is 11.8. The van der Waals surface area contributed by atoms with Gasteiger partial charge in [-0.2, -0.15) is 0 Å². The molecule has 25 heavy (non-hydrogen) atoms. The topological polar surface area (TPSA) is 58.8 Å². The number of hydrogen-bond donors (Lipinski definition) is 1. The van der Waals surface area contributed by atoms with E-state index >= 15 is 0 Å². The molecular formula is C17H16F3N3O2. The minimum atomic E-state index is -4.72. The van der Waals surface area contributed by atoms with Gasteiger partial charge in [0, 0.05) is 30.2 Å². The summed E-state index contributed by atoms with van der Waals surface area (Å²) in [6, 6.07) is 12.5. The molecule has 0 aromatic heterocycles. The van der Waals surface area contributed by atoms with Crippen molar-refractivity contribution in [3.05, 3.63) is 48.5 Å². The molecule has 3 rings (SSSR count).